The Kier molecular flexibility index (Phi) is 4.79. The lowest BCUT2D eigenvalue weighted by molar-refractivity contribution is -0.134. The van der Waals surface area contributed by atoms with Crippen molar-refractivity contribution in [2.45, 2.75) is 13.1 Å². The number of urea groups is 1. The molecule has 21 heavy (non-hydrogen) atoms. The number of carbonyl (C=O) groups is 2. The summed E-state index contributed by atoms with van der Waals surface area (Å²) in [4.78, 5) is 30.2. The zero-order chi connectivity index (χ0) is 15.4. The van der Waals surface area contributed by atoms with E-state index < -0.39 is 6.03 Å². The molecule has 1 aromatic rings. The molecule has 0 spiro atoms. The molecule has 2 N–H and O–H groups in total. The van der Waals surface area contributed by atoms with Crippen LogP contribution >= 0.6 is 0 Å². The number of hydrogen-bond donors (Lipinski definition) is 1. The average molecular weight is 295 g/mol. The van der Waals surface area contributed by atoms with Crippen molar-refractivity contribution in [2.24, 2.45) is 11.7 Å². The van der Waals surface area contributed by atoms with Crippen molar-refractivity contribution in [1.29, 1.82) is 0 Å². The Morgan fingerprint density at radius 2 is 2.24 bits per heavy atom. The Morgan fingerprint density at radius 3 is 2.90 bits per heavy atom. The van der Waals surface area contributed by atoms with Crippen LogP contribution < -0.4 is 5.73 Å². The minimum atomic E-state index is -0.471. The summed E-state index contributed by atoms with van der Waals surface area (Å²) in [5, 5.41) is 0. The quantitative estimate of drug-likeness (QED) is 0.810. The Bertz CT molecular complexity index is 514. The Morgan fingerprint density at radius 1 is 1.48 bits per heavy atom. The van der Waals surface area contributed by atoms with Gasteiger partial charge >= 0.3 is 6.03 Å². The number of fused-ring (bicyclic) bond motifs is 1. The summed E-state index contributed by atoms with van der Waals surface area (Å²) in [5.41, 5.74) is 5.39. The molecule has 2 heterocycles. The van der Waals surface area contributed by atoms with Crippen LogP contribution in [0.5, 0.6) is 0 Å². The van der Waals surface area contributed by atoms with Gasteiger partial charge in [-0.3, -0.25) is 4.79 Å². The first-order chi connectivity index (χ1) is 9.97. The normalized spacial score (nSPS) is 18.0. The summed E-state index contributed by atoms with van der Waals surface area (Å²) in [6, 6.07) is -0.471. The fourth-order valence-corrected chi connectivity index (χ4v) is 2.26. The van der Waals surface area contributed by atoms with Crippen LogP contribution in [0.4, 0.5) is 4.79 Å². The van der Waals surface area contributed by atoms with Gasteiger partial charge in [0.25, 0.3) is 0 Å². The van der Waals surface area contributed by atoms with E-state index >= 15 is 0 Å². The number of imidazole rings is 1. The van der Waals surface area contributed by atoms with E-state index in [1.165, 1.54) is 4.90 Å². The monoisotopic (exact) mass is 295 g/mol. The molecule has 1 atom stereocenters. The molecule has 0 bridgehead atoms. The van der Waals surface area contributed by atoms with Crippen LogP contribution in [0, 0.1) is 5.92 Å². The molecule has 3 amide bonds. The van der Waals surface area contributed by atoms with Gasteiger partial charge in [0.1, 0.15) is 12.4 Å². The standard InChI is InChI=1S/C13H21N5O3/c1-16(2)12(19)9-21-8-10-5-17-4-3-15-11(17)7-18(6-10)13(14)20/h3-4,10H,5-9H2,1-2H3,(H2,14,20)/t10-/m0/s1. The van der Waals surface area contributed by atoms with Crippen molar-refractivity contribution in [3.63, 3.8) is 0 Å². The number of nitrogens with zero attached hydrogens (tertiary/aromatic N) is 4. The maximum absolute atomic E-state index is 11.5. The zero-order valence-electron chi connectivity index (χ0n) is 12.4. The first-order valence-electron chi connectivity index (χ1n) is 6.79. The Hall–Kier alpha value is -2.09. The first kappa shape index (κ1) is 15.3. The minimum Gasteiger partial charge on any atom is -0.371 e. The maximum Gasteiger partial charge on any atom is 0.315 e. The third kappa shape index (κ3) is 3.94. The molecule has 1 aliphatic heterocycles. The number of aromatic nitrogens is 2. The number of carbonyl (C=O) groups excluding carboxylic acids is 2. The number of hydrogen-bond acceptors (Lipinski definition) is 4. The molecule has 8 nitrogen and oxygen atoms in total. The van der Waals surface area contributed by atoms with Crippen molar-refractivity contribution in [2.75, 3.05) is 33.9 Å². The fraction of sp³-hybridized carbons (Fsp3) is 0.615. The summed E-state index contributed by atoms with van der Waals surface area (Å²) in [7, 11) is 3.37. The van der Waals surface area contributed by atoms with Crippen LogP contribution in [0.25, 0.3) is 0 Å². The molecule has 0 unspecified atom stereocenters. The third-order valence-electron chi connectivity index (χ3n) is 3.46. The van der Waals surface area contributed by atoms with E-state index in [0.29, 0.717) is 26.2 Å². The summed E-state index contributed by atoms with van der Waals surface area (Å²) >= 11 is 0. The fourth-order valence-electron chi connectivity index (χ4n) is 2.26. The van der Waals surface area contributed by atoms with Crippen molar-refractivity contribution < 1.29 is 14.3 Å². The number of ether oxygens (including phenoxy) is 1. The topological polar surface area (TPSA) is 93.7 Å². The molecular formula is C13H21N5O3. The highest BCUT2D eigenvalue weighted by Crippen LogP contribution is 2.15. The lowest BCUT2D eigenvalue weighted by Crippen LogP contribution is -2.39. The summed E-state index contributed by atoms with van der Waals surface area (Å²) in [6.07, 6.45) is 3.57. The SMILES string of the molecule is CN(C)C(=O)COC[C@@H]1CN(C(N)=O)Cc2nccn2C1. The summed E-state index contributed by atoms with van der Waals surface area (Å²) in [5.74, 6) is 0.794. The van der Waals surface area contributed by atoms with Crippen molar-refractivity contribution >= 4 is 11.9 Å². The number of rotatable bonds is 4. The van der Waals surface area contributed by atoms with Crippen molar-refractivity contribution in [1.82, 2.24) is 19.4 Å². The molecule has 0 saturated heterocycles. The summed E-state index contributed by atoms with van der Waals surface area (Å²) in [6.45, 7) is 2.01. The first-order valence-corrected chi connectivity index (χ1v) is 6.79. The molecule has 0 radical (unpaired) electrons. The van der Waals surface area contributed by atoms with Gasteiger partial charge in [-0.05, 0) is 0 Å². The van der Waals surface area contributed by atoms with Gasteiger partial charge in [-0.15, -0.1) is 0 Å². The van der Waals surface area contributed by atoms with Crippen molar-refractivity contribution in [3.8, 4) is 0 Å². The smallest absolute Gasteiger partial charge is 0.315 e. The van der Waals surface area contributed by atoms with Gasteiger partial charge in [-0.2, -0.15) is 0 Å². The second kappa shape index (κ2) is 6.57. The number of primary amides is 1. The van der Waals surface area contributed by atoms with Crippen LogP contribution in [0.15, 0.2) is 12.4 Å². The summed E-state index contributed by atoms with van der Waals surface area (Å²) < 4.78 is 7.46. The molecule has 0 aliphatic carbocycles. The van der Waals surface area contributed by atoms with Crippen LogP contribution in [0.1, 0.15) is 5.82 Å². The van der Waals surface area contributed by atoms with Crippen LogP contribution in [-0.2, 0) is 22.6 Å². The van der Waals surface area contributed by atoms with Crippen LogP contribution in [-0.4, -0.2) is 65.1 Å². The minimum absolute atomic E-state index is 0.0385. The molecule has 2 rings (SSSR count). The molecule has 1 aliphatic rings. The van der Waals surface area contributed by atoms with Crippen LogP contribution in [0.2, 0.25) is 0 Å². The Labute approximate surface area is 123 Å². The van der Waals surface area contributed by atoms with Gasteiger partial charge in [0.15, 0.2) is 0 Å². The predicted octanol–water partition coefficient (Wildman–Crippen LogP) is -0.502. The lowest BCUT2D eigenvalue weighted by Gasteiger charge is -2.22. The largest absolute Gasteiger partial charge is 0.371 e. The van der Waals surface area contributed by atoms with E-state index in [9.17, 15) is 9.59 Å². The second-order valence-electron chi connectivity index (χ2n) is 5.38. The van der Waals surface area contributed by atoms with Gasteiger partial charge < -0.3 is 24.8 Å². The van der Waals surface area contributed by atoms with Crippen LogP contribution in [0.3, 0.4) is 0 Å². The highest BCUT2D eigenvalue weighted by atomic mass is 16.5. The molecule has 0 saturated carbocycles. The van der Waals surface area contributed by atoms with Gasteiger partial charge in [-0.1, -0.05) is 0 Å². The molecule has 8 heteroatoms. The van der Waals surface area contributed by atoms with E-state index in [1.807, 2.05) is 10.8 Å². The lowest BCUT2D eigenvalue weighted by atomic mass is 10.1. The van der Waals surface area contributed by atoms with E-state index in [0.717, 1.165) is 5.82 Å². The number of likely N-dealkylation sites (N-methyl/N-ethyl adjacent to an activating group) is 1. The van der Waals surface area contributed by atoms with Gasteiger partial charge in [-0.25, -0.2) is 9.78 Å². The predicted molar refractivity (Wildman–Crippen MR) is 75.2 cm³/mol. The molecular weight excluding hydrogens is 274 g/mol. The van der Waals surface area contributed by atoms with E-state index in [1.54, 1.807) is 25.2 Å². The van der Waals surface area contributed by atoms with E-state index in [-0.39, 0.29) is 18.4 Å². The zero-order valence-corrected chi connectivity index (χ0v) is 12.4. The highest BCUT2D eigenvalue weighted by Gasteiger charge is 2.24. The van der Waals surface area contributed by atoms with E-state index in [2.05, 4.69) is 4.98 Å². The van der Waals surface area contributed by atoms with Crippen molar-refractivity contribution in [3.05, 3.63) is 18.2 Å². The van der Waals surface area contributed by atoms with Gasteiger partial charge in [0.05, 0.1) is 13.2 Å². The van der Waals surface area contributed by atoms with Gasteiger partial charge in [0.2, 0.25) is 5.91 Å². The molecule has 116 valence electrons. The average Bonchev–Trinajstić information content (AvgIpc) is 2.77. The Balaban J connectivity index is 1.96. The van der Waals surface area contributed by atoms with E-state index in [4.69, 9.17) is 10.5 Å². The second-order valence-corrected chi connectivity index (χ2v) is 5.38. The number of amides is 3. The molecule has 0 fully saturated rings. The highest BCUT2D eigenvalue weighted by molar-refractivity contribution is 5.76. The van der Waals surface area contributed by atoms with Gasteiger partial charge in [0, 0.05) is 45.5 Å². The third-order valence-corrected chi connectivity index (χ3v) is 3.46. The molecule has 0 aromatic carbocycles. The number of nitrogens with two attached hydrogens (primary N) is 1. The molecule has 1 aromatic heterocycles. The maximum atomic E-state index is 11.5.